The Hall–Kier alpha value is -2.21. The smallest absolute Gasteiger partial charge is 0.322 e. The molecule has 6 heteroatoms. The summed E-state index contributed by atoms with van der Waals surface area (Å²) in [4.78, 5) is 13.7. The minimum Gasteiger partial charge on any atom is -0.486 e. The fourth-order valence-corrected chi connectivity index (χ4v) is 2.70. The zero-order chi connectivity index (χ0) is 14.7. The molecule has 3 rings (SSSR count). The van der Waals surface area contributed by atoms with E-state index in [-0.39, 0.29) is 12.1 Å². The van der Waals surface area contributed by atoms with E-state index in [1.807, 2.05) is 41.8 Å². The van der Waals surface area contributed by atoms with Crippen molar-refractivity contribution in [2.45, 2.75) is 6.10 Å². The Morgan fingerprint density at radius 1 is 1.33 bits per heavy atom. The lowest BCUT2D eigenvalue weighted by molar-refractivity contribution is 0.0731. The number of hydrogen-bond acceptors (Lipinski definition) is 4. The summed E-state index contributed by atoms with van der Waals surface area (Å²) in [7, 11) is 1.74. The van der Waals surface area contributed by atoms with Gasteiger partial charge in [-0.25, -0.2) is 4.79 Å². The van der Waals surface area contributed by atoms with Gasteiger partial charge >= 0.3 is 6.03 Å². The van der Waals surface area contributed by atoms with Crippen molar-refractivity contribution in [3.63, 3.8) is 0 Å². The lowest BCUT2D eigenvalue weighted by Gasteiger charge is -2.29. The average Bonchev–Trinajstić information content (AvgIpc) is 3.00. The van der Waals surface area contributed by atoms with Gasteiger partial charge in [-0.15, -0.1) is 11.3 Å². The van der Waals surface area contributed by atoms with E-state index in [4.69, 9.17) is 9.47 Å². The van der Waals surface area contributed by atoms with E-state index in [9.17, 15) is 4.79 Å². The van der Waals surface area contributed by atoms with Crippen LogP contribution in [0.15, 0.2) is 41.8 Å². The van der Waals surface area contributed by atoms with Crippen LogP contribution in [-0.4, -0.2) is 37.2 Å². The Morgan fingerprint density at radius 3 is 2.90 bits per heavy atom. The number of urea groups is 1. The molecule has 0 bridgehead atoms. The maximum absolute atomic E-state index is 12.1. The van der Waals surface area contributed by atoms with Crippen molar-refractivity contribution in [1.82, 2.24) is 4.90 Å². The van der Waals surface area contributed by atoms with Crippen LogP contribution in [0.25, 0.3) is 0 Å². The van der Waals surface area contributed by atoms with Gasteiger partial charge in [0.1, 0.15) is 6.61 Å². The lowest BCUT2D eigenvalue weighted by Crippen LogP contribution is -2.43. The number of nitrogens with zero attached hydrogens (tertiary/aromatic N) is 1. The van der Waals surface area contributed by atoms with Crippen LogP contribution in [0.5, 0.6) is 11.5 Å². The van der Waals surface area contributed by atoms with Gasteiger partial charge in [-0.1, -0.05) is 12.1 Å². The molecule has 0 fully saturated rings. The molecule has 5 nitrogen and oxygen atoms in total. The quantitative estimate of drug-likeness (QED) is 0.948. The van der Waals surface area contributed by atoms with Crippen LogP contribution in [0, 0.1) is 0 Å². The first-order chi connectivity index (χ1) is 10.2. The fourth-order valence-electron chi connectivity index (χ4n) is 2.09. The van der Waals surface area contributed by atoms with Crippen molar-refractivity contribution in [1.29, 1.82) is 0 Å². The molecule has 0 unspecified atom stereocenters. The van der Waals surface area contributed by atoms with Gasteiger partial charge in [0, 0.05) is 7.05 Å². The number of likely N-dealkylation sites (N-methyl/N-ethyl adjacent to an activating group) is 1. The molecule has 2 aromatic rings. The Bertz CT molecular complexity index is 615. The van der Waals surface area contributed by atoms with E-state index in [1.165, 1.54) is 11.3 Å². The van der Waals surface area contributed by atoms with Crippen LogP contribution < -0.4 is 14.8 Å². The summed E-state index contributed by atoms with van der Waals surface area (Å²) in [5, 5.41) is 5.59. The van der Waals surface area contributed by atoms with Gasteiger partial charge in [-0.3, -0.25) is 5.32 Å². The van der Waals surface area contributed by atoms with E-state index in [1.54, 1.807) is 11.9 Å². The van der Waals surface area contributed by atoms with Crippen molar-refractivity contribution in [3.8, 4) is 11.5 Å². The average molecular weight is 304 g/mol. The fraction of sp³-hybridized carbons (Fsp3) is 0.267. The second kappa shape index (κ2) is 6.05. The number of anilines is 1. The minimum absolute atomic E-state index is 0.153. The highest BCUT2D eigenvalue weighted by Crippen LogP contribution is 2.31. The van der Waals surface area contributed by atoms with Crippen LogP contribution in [0.2, 0.25) is 0 Å². The Balaban J connectivity index is 1.56. The molecule has 1 atom stereocenters. The molecule has 1 aliphatic heterocycles. The number of ether oxygens (including phenoxy) is 2. The summed E-state index contributed by atoms with van der Waals surface area (Å²) >= 11 is 1.49. The first-order valence-corrected chi connectivity index (χ1v) is 7.54. The number of benzene rings is 1. The molecule has 0 saturated heterocycles. The van der Waals surface area contributed by atoms with Crippen molar-refractivity contribution in [3.05, 3.63) is 41.8 Å². The Kier molecular flexibility index (Phi) is 3.96. The second-order valence-corrected chi connectivity index (χ2v) is 5.73. The van der Waals surface area contributed by atoms with Crippen LogP contribution >= 0.6 is 11.3 Å². The number of para-hydroxylation sites is 2. The monoisotopic (exact) mass is 304 g/mol. The SMILES string of the molecule is CN(C[C@H]1COc2ccccc2O1)C(=O)Nc1cccs1. The van der Waals surface area contributed by atoms with E-state index >= 15 is 0 Å². The summed E-state index contributed by atoms with van der Waals surface area (Å²) in [6.07, 6.45) is -0.168. The van der Waals surface area contributed by atoms with Gasteiger partial charge in [-0.2, -0.15) is 0 Å². The van der Waals surface area contributed by atoms with Crippen LogP contribution in [0.4, 0.5) is 9.80 Å². The number of carbonyl (C=O) groups is 1. The summed E-state index contributed by atoms with van der Waals surface area (Å²) in [5.74, 6) is 1.47. The number of nitrogens with one attached hydrogen (secondary N) is 1. The highest BCUT2D eigenvalue weighted by Gasteiger charge is 2.23. The third kappa shape index (κ3) is 3.28. The summed E-state index contributed by atoms with van der Waals surface area (Å²) in [5.41, 5.74) is 0. The van der Waals surface area contributed by atoms with E-state index in [0.29, 0.717) is 13.2 Å². The minimum atomic E-state index is -0.168. The molecule has 2 amide bonds. The number of amides is 2. The standard InChI is InChI=1S/C15H16N2O3S/c1-17(15(18)16-14-7-4-8-21-14)9-11-10-19-12-5-2-3-6-13(12)20-11/h2-8,11H,9-10H2,1H3,(H,16,18)/t11-/m0/s1. The highest BCUT2D eigenvalue weighted by atomic mass is 32.1. The van der Waals surface area contributed by atoms with Gasteiger partial charge in [-0.05, 0) is 29.6 Å². The van der Waals surface area contributed by atoms with Crippen molar-refractivity contribution in [2.75, 3.05) is 25.5 Å². The van der Waals surface area contributed by atoms with Gasteiger partial charge in [0.15, 0.2) is 17.6 Å². The summed E-state index contributed by atoms with van der Waals surface area (Å²) in [6, 6.07) is 11.2. The van der Waals surface area contributed by atoms with Crippen LogP contribution in [-0.2, 0) is 0 Å². The molecule has 1 aliphatic rings. The normalized spacial score (nSPS) is 16.3. The van der Waals surface area contributed by atoms with Crippen LogP contribution in [0.3, 0.4) is 0 Å². The first kappa shape index (κ1) is 13.8. The van der Waals surface area contributed by atoms with Crippen molar-refractivity contribution < 1.29 is 14.3 Å². The number of rotatable bonds is 3. The van der Waals surface area contributed by atoms with Gasteiger partial charge in [0.25, 0.3) is 0 Å². The highest BCUT2D eigenvalue weighted by molar-refractivity contribution is 7.14. The predicted molar refractivity (Wildman–Crippen MR) is 82.3 cm³/mol. The van der Waals surface area contributed by atoms with E-state index in [0.717, 1.165) is 16.5 Å². The van der Waals surface area contributed by atoms with Gasteiger partial charge in [0.05, 0.1) is 11.5 Å². The largest absolute Gasteiger partial charge is 0.486 e. The summed E-state index contributed by atoms with van der Waals surface area (Å²) in [6.45, 7) is 0.902. The molecule has 1 N–H and O–H groups in total. The first-order valence-electron chi connectivity index (χ1n) is 6.66. The predicted octanol–water partition coefficient (Wildman–Crippen LogP) is 3.05. The molecule has 1 aromatic carbocycles. The number of thiophene rings is 1. The van der Waals surface area contributed by atoms with Crippen molar-refractivity contribution >= 4 is 22.4 Å². The molecular formula is C15H16N2O3S. The molecule has 0 saturated carbocycles. The molecule has 0 radical (unpaired) electrons. The summed E-state index contributed by atoms with van der Waals surface area (Å²) < 4.78 is 11.5. The molecule has 1 aromatic heterocycles. The zero-order valence-corrected chi connectivity index (χ0v) is 12.4. The van der Waals surface area contributed by atoms with Gasteiger partial charge in [0.2, 0.25) is 0 Å². The number of hydrogen-bond donors (Lipinski definition) is 1. The maximum atomic E-state index is 12.1. The number of fused-ring (bicyclic) bond motifs is 1. The van der Waals surface area contributed by atoms with E-state index < -0.39 is 0 Å². The third-order valence-electron chi connectivity index (χ3n) is 3.14. The molecular weight excluding hydrogens is 288 g/mol. The molecule has 0 aliphatic carbocycles. The lowest BCUT2D eigenvalue weighted by atomic mass is 10.2. The third-order valence-corrected chi connectivity index (χ3v) is 3.93. The number of carbonyl (C=O) groups excluding carboxylic acids is 1. The molecule has 110 valence electrons. The zero-order valence-electron chi connectivity index (χ0n) is 11.6. The van der Waals surface area contributed by atoms with Gasteiger partial charge < -0.3 is 14.4 Å². The van der Waals surface area contributed by atoms with Crippen LogP contribution in [0.1, 0.15) is 0 Å². The molecule has 21 heavy (non-hydrogen) atoms. The molecule has 0 spiro atoms. The Labute approximate surface area is 127 Å². The second-order valence-electron chi connectivity index (χ2n) is 4.79. The maximum Gasteiger partial charge on any atom is 0.322 e. The van der Waals surface area contributed by atoms with E-state index in [2.05, 4.69) is 5.32 Å². The Morgan fingerprint density at radius 2 is 2.14 bits per heavy atom. The van der Waals surface area contributed by atoms with Crippen molar-refractivity contribution in [2.24, 2.45) is 0 Å². The molecule has 2 heterocycles. The topological polar surface area (TPSA) is 50.8 Å².